The first kappa shape index (κ1) is 15.6. The van der Waals surface area contributed by atoms with Crippen molar-refractivity contribution in [3.05, 3.63) is 61.2 Å². The van der Waals surface area contributed by atoms with Crippen LogP contribution in [-0.4, -0.2) is 9.97 Å². The van der Waals surface area contributed by atoms with Gasteiger partial charge in [-0.25, -0.2) is 0 Å². The summed E-state index contributed by atoms with van der Waals surface area (Å²) in [5, 5.41) is 0. The van der Waals surface area contributed by atoms with E-state index in [0.29, 0.717) is 0 Å². The SMILES string of the molecule is Cl.[Cr+2].[c-]1ccccn1.[c-]1ccccn1. The molecule has 0 amide bonds. The Kier molecular flexibility index (Phi) is 13.5. The molecule has 2 heterocycles. The largest absolute Gasteiger partial charge is 2.00 e. The van der Waals surface area contributed by atoms with Gasteiger partial charge in [0.2, 0.25) is 0 Å². The third-order valence-corrected chi connectivity index (χ3v) is 1.03. The van der Waals surface area contributed by atoms with Gasteiger partial charge in [0.05, 0.1) is 0 Å². The van der Waals surface area contributed by atoms with Crippen LogP contribution in [0.2, 0.25) is 0 Å². The van der Waals surface area contributed by atoms with Gasteiger partial charge in [-0.2, -0.15) is 36.4 Å². The van der Waals surface area contributed by atoms with E-state index in [9.17, 15) is 0 Å². The fourth-order valence-corrected chi connectivity index (χ4v) is 0.555. The van der Waals surface area contributed by atoms with Crippen LogP contribution < -0.4 is 0 Å². The van der Waals surface area contributed by atoms with Crippen molar-refractivity contribution in [3.63, 3.8) is 0 Å². The fraction of sp³-hybridized carbons (Fsp3) is 0. The Morgan fingerprint density at radius 3 is 1.21 bits per heavy atom. The fourth-order valence-electron chi connectivity index (χ4n) is 0.555. The smallest absolute Gasteiger partial charge is 0.394 e. The van der Waals surface area contributed by atoms with E-state index >= 15 is 0 Å². The summed E-state index contributed by atoms with van der Waals surface area (Å²) >= 11 is 0. The Balaban J connectivity index is 0. The molecular formula is C10H9ClCrN2. The Morgan fingerprint density at radius 1 is 0.714 bits per heavy atom. The average Bonchev–Trinajstić information content (AvgIpc) is 2.24. The van der Waals surface area contributed by atoms with Crippen molar-refractivity contribution in [2.24, 2.45) is 0 Å². The van der Waals surface area contributed by atoms with Crippen molar-refractivity contribution in [1.29, 1.82) is 0 Å². The molecule has 0 saturated carbocycles. The molecule has 0 aromatic carbocycles. The summed E-state index contributed by atoms with van der Waals surface area (Å²) in [7, 11) is 0. The third-order valence-electron chi connectivity index (χ3n) is 1.03. The molecule has 2 nitrogen and oxygen atoms in total. The van der Waals surface area contributed by atoms with E-state index in [0.717, 1.165) is 0 Å². The van der Waals surface area contributed by atoms with Crippen LogP contribution in [0.3, 0.4) is 0 Å². The predicted molar refractivity (Wildman–Crippen MR) is 53.4 cm³/mol. The van der Waals surface area contributed by atoms with Crippen molar-refractivity contribution >= 4 is 12.4 Å². The summed E-state index contributed by atoms with van der Waals surface area (Å²) in [5.41, 5.74) is 0. The maximum Gasteiger partial charge on any atom is 2.00 e. The molecule has 4 heteroatoms. The number of halogens is 1. The predicted octanol–water partition coefficient (Wildman–Crippen LogP) is 2.18. The number of hydrogen-bond acceptors (Lipinski definition) is 2. The van der Waals surface area contributed by atoms with E-state index in [1.54, 1.807) is 24.5 Å². The van der Waals surface area contributed by atoms with Crippen LogP contribution in [-0.2, 0) is 17.4 Å². The topological polar surface area (TPSA) is 25.8 Å². The third kappa shape index (κ3) is 9.21. The van der Waals surface area contributed by atoms with Crippen molar-refractivity contribution in [2.45, 2.75) is 0 Å². The van der Waals surface area contributed by atoms with Gasteiger partial charge in [0.15, 0.2) is 0 Å². The molecule has 14 heavy (non-hydrogen) atoms. The van der Waals surface area contributed by atoms with Gasteiger partial charge in [-0.3, -0.25) is 0 Å². The molecule has 0 aliphatic carbocycles. The van der Waals surface area contributed by atoms with Crippen molar-refractivity contribution in [2.75, 3.05) is 0 Å². The van der Waals surface area contributed by atoms with Crippen LogP contribution in [0.15, 0.2) is 48.8 Å². The molecule has 2 rings (SSSR count). The second kappa shape index (κ2) is 12.1. The minimum Gasteiger partial charge on any atom is -0.394 e. The van der Waals surface area contributed by atoms with E-state index in [4.69, 9.17) is 0 Å². The van der Waals surface area contributed by atoms with Gasteiger partial charge in [0.25, 0.3) is 0 Å². The Morgan fingerprint density at radius 2 is 1.14 bits per heavy atom. The summed E-state index contributed by atoms with van der Waals surface area (Å²) in [4.78, 5) is 7.32. The standard InChI is InChI=1S/2C5H4N.ClH.Cr/c2*1-2-4-6-5-3-1;;/h2*1-4H;1H;/q2*-1;;+2. The van der Waals surface area contributed by atoms with Gasteiger partial charge in [0, 0.05) is 0 Å². The van der Waals surface area contributed by atoms with Crippen LogP contribution in [0.5, 0.6) is 0 Å². The van der Waals surface area contributed by atoms with Crippen molar-refractivity contribution in [3.8, 4) is 0 Å². The van der Waals surface area contributed by atoms with Gasteiger partial charge >= 0.3 is 17.4 Å². The van der Waals surface area contributed by atoms with Gasteiger partial charge < -0.3 is 9.97 Å². The molecule has 0 aliphatic heterocycles. The van der Waals surface area contributed by atoms with Crippen LogP contribution in [0, 0.1) is 12.4 Å². The molecule has 72 valence electrons. The maximum absolute atomic E-state index is 3.66. The molecule has 0 aliphatic rings. The zero-order valence-electron chi connectivity index (χ0n) is 7.33. The van der Waals surface area contributed by atoms with E-state index < -0.39 is 0 Å². The molecule has 0 atom stereocenters. The zero-order valence-corrected chi connectivity index (χ0v) is 9.42. The number of hydrogen-bond donors (Lipinski definition) is 0. The zero-order chi connectivity index (χ0) is 8.49. The molecule has 0 bridgehead atoms. The monoisotopic (exact) mass is 244 g/mol. The molecule has 0 unspecified atom stereocenters. The number of rotatable bonds is 0. The molecule has 0 fully saturated rings. The molecule has 2 aromatic heterocycles. The Hall–Kier alpha value is -0.878. The van der Waals surface area contributed by atoms with Crippen LogP contribution in [0.25, 0.3) is 0 Å². The van der Waals surface area contributed by atoms with E-state index in [2.05, 4.69) is 22.4 Å². The van der Waals surface area contributed by atoms with E-state index in [1.165, 1.54) is 0 Å². The average molecular weight is 245 g/mol. The van der Waals surface area contributed by atoms with Crippen LogP contribution in [0.1, 0.15) is 0 Å². The summed E-state index contributed by atoms with van der Waals surface area (Å²) in [6.07, 6.45) is 8.67. The number of nitrogens with zero attached hydrogens (tertiary/aromatic N) is 2. The summed E-state index contributed by atoms with van der Waals surface area (Å²) in [6.45, 7) is 0. The molecule has 0 N–H and O–H groups in total. The van der Waals surface area contributed by atoms with Gasteiger partial charge in [-0.15, -0.1) is 12.4 Å². The summed E-state index contributed by atoms with van der Waals surface area (Å²) in [5.74, 6) is 0. The van der Waals surface area contributed by atoms with E-state index in [-0.39, 0.29) is 29.8 Å². The van der Waals surface area contributed by atoms with E-state index in [1.807, 2.05) is 24.3 Å². The minimum absolute atomic E-state index is 0. The molecule has 0 spiro atoms. The molecule has 0 saturated heterocycles. The maximum atomic E-state index is 3.66. The Labute approximate surface area is 101 Å². The first-order valence-electron chi connectivity index (χ1n) is 3.54. The minimum atomic E-state index is 0. The first-order chi connectivity index (χ1) is 6.00. The molecule has 2 aromatic rings. The molecular weight excluding hydrogens is 236 g/mol. The second-order valence-electron chi connectivity index (χ2n) is 1.92. The quantitative estimate of drug-likeness (QED) is 0.664. The van der Waals surface area contributed by atoms with Gasteiger partial charge in [0.1, 0.15) is 0 Å². The second-order valence-corrected chi connectivity index (χ2v) is 1.92. The Bertz CT molecular complexity index is 194. The molecule has 0 radical (unpaired) electrons. The van der Waals surface area contributed by atoms with Crippen molar-refractivity contribution in [1.82, 2.24) is 9.97 Å². The van der Waals surface area contributed by atoms with Crippen LogP contribution >= 0.6 is 12.4 Å². The van der Waals surface area contributed by atoms with Gasteiger partial charge in [-0.05, 0) is 0 Å². The number of pyridine rings is 2. The summed E-state index contributed by atoms with van der Waals surface area (Å²) < 4.78 is 0. The van der Waals surface area contributed by atoms with Crippen LogP contribution in [0.4, 0.5) is 0 Å². The van der Waals surface area contributed by atoms with Crippen molar-refractivity contribution < 1.29 is 17.4 Å². The first-order valence-corrected chi connectivity index (χ1v) is 3.54. The number of aromatic nitrogens is 2. The summed E-state index contributed by atoms with van der Waals surface area (Å²) in [6, 6.07) is 11.0. The van der Waals surface area contributed by atoms with Gasteiger partial charge in [-0.1, -0.05) is 24.8 Å². The normalized spacial score (nSPS) is 6.86.